The summed E-state index contributed by atoms with van der Waals surface area (Å²) < 4.78 is 26.7. The first-order valence-corrected chi connectivity index (χ1v) is 10.8. The lowest BCUT2D eigenvalue weighted by molar-refractivity contribution is 0.414. The third-order valence-corrected chi connectivity index (χ3v) is 5.85. The van der Waals surface area contributed by atoms with Crippen LogP contribution in [0, 0.1) is 5.82 Å². The lowest BCUT2D eigenvalue weighted by Crippen LogP contribution is -2.28. The van der Waals surface area contributed by atoms with Gasteiger partial charge >= 0.3 is 0 Å². The Morgan fingerprint density at radius 1 is 1.03 bits per heavy atom. The maximum absolute atomic E-state index is 13.6. The first-order valence-electron chi connectivity index (χ1n) is 10.0. The molecule has 2 heterocycles. The molecule has 0 N–H and O–H groups in total. The van der Waals surface area contributed by atoms with Gasteiger partial charge in [0.1, 0.15) is 23.0 Å². The molecule has 5 aromatic rings. The van der Waals surface area contributed by atoms with Crippen molar-refractivity contribution in [1.82, 2.24) is 9.55 Å². The summed E-state index contributed by atoms with van der Waals surface area (Å²) in [5.74, 6) is 0.536. The molecule has 0 bridgehead atoms. The highest BCUT2D eigenvalue weighted by Gasteiger charge is 2.19. The highest BCUT2D eigenvalue weighted by Crippen LogP contribution is 2.24. The van der Waals surface area contributed by atoms with Gasteiger partial charge in [-0.1, -0.05) is 28.1 Å². The van der Waals surface area contributed by atoms with Crippen molar-refractivity contribution < 1.29 is 13.5 Å². The van der Waals surface area contributed by atoms with Gasteiger partial charge in [0.2, 0.25) is 11.1 Å². The molecular formula is C25H16BrFN2O4. The standard InChI is InChI=1S/C25H16BrFN2O4/c1-32-18-9-2-14(3-10-18)13-29-23(15-4-7-17(27)8-5-15)28-24-21(25(29)31)22(30)19-12-16(26)6-11-20(19)33-24/h2-12H,13H2,1H3. The highest BCUT2D eigenvalue weighted by atomic mass is 79.9. The van der Waals surface area contributed by atoms with Crippen molar-refractivity contribution in [1.29, 1.82) is 0 Å². The van der Waals surface area contributed by atoms with Gasteiger partial charge < -0.3 is 9.15 Å². The van der Waals surface area contributed by atoms with Crippen molar-refractivity contribution in [3.63, 3.8) is 0 Å². The zero-order valence-electron chi connectivity index (χ0n) is 17.3. The Labute approximate surface area is 195 Å². The molecular weight excluding hydrogens is 491 g/mol. The molecule has 0 amide bonds. The Hall–Kier alpha value is -3.78. The van der Waals surface area contributed by atoms with E-state index in [4.69, 9.17) is 9.15 Å². The number of rotatable bonds is 4. The van der Waals surface area contributed by atoms with E-state index in [1.54, 1.807) is 37.4 Å². The van der Waals surface area contributed by atoms with Gasteiger partial charge in [-0.2, -0.15) is 4.98 Å². The predicted molar refractivity (Wildman–Crippen MR) is 127 cm³/mol. The van der Waals surface area contributed by atoms with Crippen molar-refractivity contribution in [2.45, 2.75) is 6.54 Å². The number of aromatic nitrogens is 2. The summed E-state index contributed by atoms with van der Waals surface area (Å²) in [6, 6.07) is 17.8. The molecule has 0 unspecified atom stereocenters. The van der Waals surface area contributed by atoms with Crippen LogP contribution in [-0.2, 0) is 6.54 Å². The fourth-order valence-electron chi connectivity index (χ4n) is 3.69. The third kappa shape index (κ3) is 3.82. The van der Waals surface area contributed by atoms with Crippen LogP contribution in [0.4, 0.5) is 4.39 Å². The summed E-state index contributed by atoms with van der Waals surface area (Å²) in [7, 11) is 1.57. The lowest BCUT2D eigenvalue weighted by Gasteiger charge is -2.14. The Balaban J connectivity index is 1.81. The molecule has 3 aromatic carbocycles. The van der Waals surface area contributed by atoms with E-state index in [0.717, 1.165) is 5.56 Å². The highest BCUT2D eigenvalue weighted by molar-refractivity contribution is 9.10. The molecule has 33 heavy (non-hydrogen) atoms. The molecule has 8 heteroatoms. The number of methoxy groups -OCH3 is 1. The van der Waals surface area contributed by atoms with E-state index in [1.807, 2.05) is 12.1 Å². The largest absolute Gasteiger partial charge is 0.497 e. The normalized spacial score (nSPS) is 11.2. The number of hydrogen-bond acceptors (Lipinski definition) is 5. The van der Waals surface area contributed by atoms with E-state index >= 15 is 0 Å². The smallest absolute Gasteiger partial charge is 0.269 e. The quantitative estimate of drug-likeness (QED) is 0.316. The minimum Gasteiger partial charge on any atom is -0.497 e. The fourth-order valence-corrected chi connectivity index (χ4v) is 4.05. The van der Waals surface area contributed by atoms with Crippen molar-refractivity contribution in [3.05, 3.63) is 103 Å². The van der Waals surface area contributed by atoms with Crippen LogP contribution in [0.25, 0.3) is 33.5 Å². The second kappa shape index (κ2) is 8.29. The van der Waals surface area contributed by atoms with Crippen LogP contribution in [0.2, 0.25) is 0 Å². The van der Waals surface area contributed by atoms with E-state index in [-0.39, 0.29) is 28.9 Å². The van der Waals surface area contributed by atoms with E-state index in [0.29, 0.717) is 21.4 Å². The maximum Gasteiger partial charge on any atom is 0.269 e. The molecule has 5 rings (SSSR count). The molecule has 0 saturated heterocycles. The number of hydrogen-bond donors (Lipinski definition) is 0. The molecule has 164 valence electrons. The van der Waals surface area contributed by atoms with Crippen LogP contribution in [0.3, 0.4) is 0 Å². The summed E-state index contributed by atoms with van der Waals surface area (Å²) in [5.41, 5.74) is 0.577. The van der Waals surface area contributed by atoms with Gasteiger partial charge in [-0.15, -0.1) is 0 Å². The fraction of sp³-hybridized carbons (Fsp3) is 0.0800. The van der Waals surface area contributed by atoms with Crippen LogP contribution in [-0.4, -0.2) is 16.7 Å². The van der Waals surface area contributed by atoms with Gasteiger partial charge in [0.25, 0.3) is 5.56 Å². The Kier molecular flexibility index (Phi) is 5.30. The minimum atomic E-state index is -0.536. The molecule has 0 saturated carbocycles. The van der Waals surface area contributed by atoms with Crippen molar-refractivity contribution >= 4 is 38.0 Å². The van der Waals surface area contributed by atoms with Crippen LogP contribution < -0.4 is 15.7 Å². The summed E-state index contributed by atoms with van der Waals surface area (Å²) in [4.78, 5) is 31.4. The van der Waals surface area contributed by atoms with Crippen molar-refractivity contribution in [3.8, 4) is 17.1 Å². The molecule has 2 aromatic heterocycles. The lowest BCUT2D eigenvalue weighted by atomic mass is 10.1. The zero-order valence-corrected chi connectivity index (χ0v) is 18.9. The van der Waals surface area contributed by atoms with Gasteiger partial charge in [0.05, 0.1) is 19.0 Å². The topological polar surface area (TPSA) is 74.3 Å². The average molecular weight is 507 g/mol. The molecule has 0 aliphatic heterocycles. The monoisotopic (exact) mass is 506 g/mol. The summed E-state index contributed by atoms with van der Waals surface area (Å²) in [6.07, 6.45) is 0. The second-order valence-corrected chi connectivity index (χ2v) is 8.35. The molecule has 0 spiro atoms. The van der Waals surface area contributed by atoms with Crippen LogP contribution in [0.1, 0.15) is 5.56 Å². The molecule has 0 aliphatic rings. The van der Waals surface area contributed by atoms with E-state index < -0.39 is 16.8 Å². The van der Waals surface area contributed by atoms with Gasteiger partial charge in [0, 0.05) is 10.0 Å². The Morgan fingerprint density at radius 2 is 1.76 bits per heavy atom. The number of fused-ring (bicyclic) bond motifs is 2. The molecule has 0 atom stereocenters. The predicted octanol–water partition coefficient (Wildman–Crippen LogP) is 5.13. The summed E-state index contributed by atoms with van der Waals surface area (Å²) >= 11 is 3.35. The van der Waals surface area contributed by atoms with E-state index in [1.165, 1.54) is 28.8 Å². The van der Waals surface area contributed by atoms with E-state index in [2.05, 4.69) is 20.9 Å². The molecule has 0 radical (unpaired) electrons. The third-order valence-electron chi connectivity index (χ3n) is 5.36. The van der Waals surface area contributed by atoms with Gasteiger partial charge in [-0.25, -0.2) is 4.39 Å². The molecule has 0 aliphatic carbocycles. The average Bonchev–Trinajstić information content (AvgIpc) is 2.82. The van der Waals surface area contributed by atoms with Crippen LogP contribution in [0.15, 0.2) is 85.2 Å². The zero-order chi connectivity index (χ0) is 23.1. The van der Waals surface area contributed by atoms with Gasteiger partial charge in [-0.05, 0) is 60.2 Å². The number of nitrogens with zero attached hydrogens (tertiary/aromatic N) is 2. The van der Waals surface area contributed by atoms with E-state index in [9.17, 15) is 14.0 Å². The minimum absolute atomic E-state index is 0.0647. The summed E-state index contributed by atoms with van der Waals surface area (Å²) in [5, 5.41) is 0.140. The van der Waals surface area contributed by atoms with Crippen LogP contribution >= 0.6 is 15.9 Å². The van der Waals surface area contributed by atoms with Gasteiger partial charge in [-0.3, -0.25) is 14.2 Å². The first kappa shape index (κ1) is 21.1. The first-order chi connectivity index (χ1) is 15.9. The SMILES string of the molecule is COc1ccc(Cn2c(-c3ccc(F)cc3)nc3oc4ccc(Br)cc4c(=O)c3c2=O)cc1. The molecule has 0 fully saturated rings. The number of benzene rings is 3. The van der Waals surface area contributed by atoms with Crippen LogP contribution in [0.5, 0.6) is 5.75 Å². The number of halogens is 2. The second-order valence-electron chi connectivity index (χ2n) is 7.43. The van der Waals surface area contributed by atoms with Gasteiger partial charge in [0.15, 0.2) is 5.39 Å². The van der Waals surface area contributed by atoms with Crippen molar-refractivity contribution in [2.24, 2.45) is 0 Å². The number of ether oxygens (including phenoxy) is 1. The van der Waals surface area contributed by atoms with Crippen molar-refractivity contribution in [2.75, 3.05) is 7.11 Å². The maximum atomic E-state index is 13.6. The molecule has 6 nitrogen and oxygen atoms in total. The summed E-state index contributed by atoms with van der Waals surface area (Å²) in [6.45, 7) is 0.147. The Morgan fingerprint density at radius 3 is 2.45 bits per heavy atom. The Bertz CT molecular complexity index is 1620.